The summed E-state index contributed by atoms with van der Waals surface area (Å²) in [5, 5.41) is 3.32. The number of hydrogen-bond acceptors (Lipinski definition) is 2. The van der Waals surface area contributed by atoms with Crippen molar-refractivity contribution in [1.29, 1.82) is 0 Å². The highest BCUT2D eigenvalue weighted by atomic mass is 32.2. The van der Waals surface area contributed by atoms with Gasteiger partial charge in [0.05, 0.1) is 0 Å². The number of thioether (sulfide) groups is 1. The first-order chi connectivity index (χ1) is 5.91. The van der Waals surface area contributed by atoms with E-state index >= 15 is 0 Å². The van der Waals surface area contributed by atoms with E-state index in [9.17, 15) is 0 Å². The fourth-order valence-electron chi connectivity index (χ4n) is 0.712. The predicted molar refractivity (Wildman–Crippen MR) is 58.5 cm³/mol. The van der Waals surface area contributed by atoms with Gasteiger partial charge in [-0.05, 0) is 6.92 Å². The van der Waals surface area contributed by atoms with Crippen LogP contribution in [0.1, 0.15) is 13.3 Å². The van der Waals surface area contributed by atoms with Crippen molar-refractivity contribution < 1.29 is 0 Å². The average molecular weight is 183 g/mol. The molecule has 0 saturated heterocycles. The first-order valence-corrected chi connectivity index (χ1v) is 5.36. The molecule has 0 aromatic rings. The van der Waals surface area contributed by atoms with E-state index in [2.05, 4.69) is 23.7 Å². The number of nitrogens with one attached hydrogen (secondary N) is 1. The van der Waals surface area contributed by atoms with Crippen molar-refractivity contribution in [2.45, 2.75) is 13.3 Å². The van der Waals surface area contributed by atoms with Crippen molar-refractivity contribution in [2.24, 2.45) is 0 Å². The van der Waals surface area contributed by atoms with Crippen LogP contribution in [0, 0.1) is 11.8 Å². The Labute approximate surface area is 80.0 Å². The van der Waals surface area contributed by atoms with Crippen LogP contribution in [0.3, 0.4) is 0 Å². The molecule has 0 atom stereocenters. The van der Waals surface area contributed by atoms with E-state index in [4.69, 9.17) is 0 Å². The van der Waals surface area contributed by atoms with E-state index < -0.39 is 0 Å². The fraction of sp³-hybridized carbons (Fsp3) is 0.600. The quantitative estimate of drug-likeness (QED) is 0.367. The molecule has 68 valence electrons. The average Bonchev–Trinajstić information content (AvgIpc) is 2.10. The minimum atomic E-state index is 0.961. The van der Waals surface area contributed by atoms with Gasteiger partial charge in [0.1, 0.15) is 0 Å². The third-order valence-electron chi connectivity index (χ3n) is 1.26. The van der Waals surface area contributed by atoms with E-state index in [-0.39, 0.29) is 0 Å². The minimum Gasteiger partial charge on any atom is -0.315 e. The molecule has 12 heavy (non-hydrogen) atoms. The normalized spacial score (nSPS) is 8.75. The molecule has 0 radical (unpaired) electrons. The number of hydrogen-bond donors (Lipinski definition) is 1. The third-order valence-corrected chi connectivity index (χ3v) is 2.23. The molecule has 0 amide bonds. The Bertz CT molecular complexity index is 155. The van der Waals surface area contributed by atoms with Crippen molar-refractivity contribution in [3.63, 3.8) is 0 Å². The SMILES string of the molecule is C=CCSCCNCCC#CC. The predicted octanol–water partition coefficient (Wildman–Crippen LogP) is 1.91. The first kappa shape index (κ1) is 11.6. The zero-order valence-corrected chi connectivity index (χ0v) is 8.54. The third kappa shape index (κ3) is 9.61. The minimum absolute atomic E-state index is 0.961. The standard InChI is InChI=1S/C10H17NS/c1-3-5-6-7-11-8-10-12-9-4-2/h4,11H,2,6-10H2,1H3. The van der Waals surface area contributed by atoms with Crippen LogP contribution in [0.15, 0.2) is 12.7 Å². The van der Waals surface area contributed by atoms with Gasteiger partial charge in [-0.2, -0.15) is 11.8 Å². The summed E-state index contributed by atoms with van der Waals surface area (Å²) in [6, 6.07) is 0. The molecule has 0 aliphatic heterocycles. The Balaban J connectivity index is 2.89. The van der Waals surface area contributed by atoms with Crippen LogP contribution >= 0.6 is 11.8 Å². The molecular weight excluding hydrogens is 166 g/mol. The molecule has 0 heterocycles. The molecule has 0 rings (SSSR count). The highest BCUT2D eigenvalue weighted by molar-refractivity contribution is 7.99. The van der Waals surface area contributed by atoms with Crippen LogP contribution < -0.4 is 5.32 Å². The van der Waals surface area contributed by atoms with E-state index in [1.165, 1.54) is 0 Å². The molecule has 2 heteroatoms. The maximum absolute atomic E-state index is 3.66. The number of rotatable bonds is 7. The summed E-state index contributed by atoms with van der Waals surface area (Å²) in [5.74, 6) is 8.10. The summed E-state index contributed by atoms with van der Waals surface area (Å²) >= 11 is 1.90. The molecule has 0 aromatic carbocycles. The summed E-state index contributed by atoms with van der Waals surface area (Å²) in [5.41, 5.74) is 0. The van der Waals surface area contributed by atoms with Gasteiger partial charge in [0.25, 0.3) is 0 Å². The zero-order valence-electron chi connectivity index (χ0n) is 7.73. The molecule has 0 fully saturated rings. The van der Waals surface area contributed by atoms with Crippen molar-refractivity contribution in [1.82, 2.24) is 5.32 Å². The second-order valence-corrected chi connectivity index (χ2v) is 3.44. The summed E-state index contributed by atoms with van der Waals surface area (Å²) in [6.45, 7) is 7.62. The summed E-state index contributed by atoms with van der Waals surface area (Å²) in [6.07, 6.45) is 2.90. The lowest BCUT2D eigenvalue weighted by atomic mass is 10.4. The second-order valence-electron chi connectivity index (χ2n) is 2.29. The topological polar surface area (TPSA) is 12.0 Å². The van der Waals surface area contributed by atoms with Crippen molar-refractivity contribution in [3.05, 3.63) is 12.7 Å². The van der Waals surface area contributed by atoms with Crippen LogP contribution in [0.25, 0.3) is 0 Å². The lowest BCUT2D eigenvalue weighted by Crippen LogP contribution is -2.18. The largest absolute Gasteiger partial charge is 0.315 e. The molecule has 0 bridgehead atoms. The first-order valence-electron chi connectivity index (χ1n) is 4.20. The summed E-state index contributed by atoms with van der Waals surface area (Å²) in [7, 11) is 0. The van der Waals surface area contributed by atoms with Crippen LogP contribution in [-0.2, 0) is 0 Å². The monoisotopic (exact) mass is 183 g/mol. The maximum atomic E-state index is 3.66. The Morgan fingerprint density at radius 2 is 2.33 bits per heavy atom. The van der Waals surface area contributed by atoms with Gasteiger partial charge in [0.2, 0.25) is 0 Å². The van der Waals surface area contributed by atoms with Crippen LogP contribution in [0.2, 0.25) is 0 Å². The summed E-state index contributed by atoms with van der Waals surface area (Å²) < 4.78 is 0. The van der Waals surface area contributed by atoms with E-state index in [0.29, 0.717) is 0 Å². The fourth-order valence-corrected chi connectivity index (χ4v) is 1.33. The van der Waals surface area contributed by atoms with Crippen molar-refractivity contribution >= 4 is 11.8 Å². The van der Waals surface area contributed by atoms with E-state index in [1.54, 1.807) is 0 Å². The molecular formula is C10H17NS. The molecule has 1 N–H and O–H groups in total. The highest BCUT2D eigenvalue weighted by Gasteiger charge is 1.85. The summed E-state index contributed by atoms with van der Waals surface area (Å²) in [4.78, 5) is 0. The Morgan fingerprint density at radius 1 is 1.50 bits per heavy atom. The van der Waals surface area contributed by atoms with E-state index in [0.717, 1.165) is 31.0 Å². The van der Waals surface area contributed by atoms with Gasteiger partial charge in [-0.1, -0.05) is 6.08 Å². The van der Waals surface area contributed by atoms with Gasteiger partial charge < -0.3 is 5.32 Å². The molecule has 0 unspecified atom stereocenters. The Morgan fingerprint density at radius 3 is 3.00 bits per heavy atom. The Hall–Kier alpha value is -0.390. The second kappa shape index (κ2) is 10.6. The highest BCUT2D eigenvalue weighted by Crippen LogP contribution is 1.96. The van der Waals surface area contributed by atoms with Crippen LogP contribution in [0.4, 0.5) is 0 Å². The van der Waals surface area contributed by atoms with Gasteiger partial charge in [-0.3, -0.25) is 0 Å². The van der Waals surface area contributed by atoms with Gasteiger partial charge in [0, 0.05) is 31.0 Å². The van der Waals surface area contributed by atoms with Crippen LogP contribution in [-0.4, -0.2) is 24.6 Å². The zero-order chi connectivity index (χ0) is 9.07. The molecule has 0 aliphatic rings. The lowest BCUT2D eigenvalue weighted by molar-refractivity contribution is 0.738. The van der Waals surface area contributed by atoms with Crippen molar-refractivity contribution in [3.8, 4) is 11.8 Å². The van der Waals surface area contributed by atoms with Gasteiger partial charge in [0.15, 0.2) is 0 Å². The van der Waals surface area contributed by atoms with Crippen molar-refractivity contribution in [2.75, 3.05) is 24.6 Å². The van der Waals surface area contributed by atoms with Gasteiger partial charge >= 0.3 is 0 Å². The van der Waals surface area contributed by atoms with Gasteiger partial charge in [-0.15, -0.1) is 18.4 Å². The molecule has 0 aliphatic carbocycles. The molecule has 0 spiro atoms. The lowest BCUT2D eigenvalue weighted by Gasteiger charge is -1.99. The molecule has 1 nitrogen and oxygen atoms in total. The van der Waals surface area contributed by atoms with E-state index in [1.807, 2.05) is 24.8 Å². The Kier molecular flexibility index (Phi) is 10.3. The maximum Gasteiger partial charge on any atom is 0.0214 e. The smallest absolute Gasteiger partial charge is 0.0214 e. The van der Waals surface area contributed by atoms with Gasteiger partial charge in [-0.25, -0.2) is 0 Å². The molecule has 0 aromatic heterocycles. The molecule has 0 saturated carbocycles. The van der Waals surface area contributed by atoms with Crippen LogP contribution in [0.5, 0.6) is 0 Å².